The lowest BCUT2D eigenvalue weighted by atomic mass is 10.2. The predicted octanol–water partition coefficient (Wildman–Crippen LogP) is 0.204. The van der Waals surface area contributed by atoms with Crippen LogP contribution < -0.4 is 5.32 Å². The van der Waals surface area contributed by atoms with Gasteiger partial charge in [0.15, 0.2) is 5.69 Å². The maximum absolute atomic E-state index is 10.9. The van der Waals surface area contributed by atoms with Gasteiger partial charge in [-0.3, -0.25) is 4.68 Å². The zero-order chi connectivity index (χ0) is 9.42. The zero-order valence-electron chi connectivity index (χ0n) is 7.37. The lowest BCUT2D eigenvalue weighted by Crippen LogP contribution is -2.13. The van der Waals surface area contributed by atoms with Gasteiger partial charge in [0.25, 0.3) is 0 Å². The van der Waals surface area contributed by atoms with Crippen LogP contribution in [0.2, 0.25) is 0 Å². The third kappa shape index (κ3) is 1.12. The fraction of sp³-hybridized carbons (Fsp3) is 0.500. The summed E-state index contributed by atoms with van der Waals surface area (Å²) in [5.74, 6) is -0.890. The number of carbonyl (C=O) groups is 1. The highest BCUT2D eigenvalue weighted by molar-refractivity contribution is 5.88. The molecule has 1 aromatic heterocycles. The van der Waals surface area contributed by atoms with Gasteiger partial charge in [-0.2, -0.15) is 5.10 Å². The summed E-state index contributed by atoms with van der Waals surface area (Å²) in [6.45, 7) is 3.80. The quantitative estimate of drug-likeness (QED) is 0.684. The van der Waals surface area contributed by atoms with Crippen molar-refractivity contribution < 1.29 is 9.90 Å². The van der Waals surface area contributed by atoms with Gasteiger partial charge in [0.1, 0.15) is 0 Å². The first-order valence-corrected chi connectivity index (χ1v) is 4.26. The second-order valence-electron chi connectivity index (χ2n) is 3.00. The van der Waals surface area contributed by atoms with Crippen LogP contribution >= 0.6 is 0 Å². The SMILES string of the molecule is CCn1nc2c(c1C(=O)O)CNC2. The van der Waals surface area contributed by atoms with E-state index < -0.39 is 5.97 Å². The molecule has 2 N–H and O–H groups in total. The van der Waals surface area contributed by atoms with E-state index in [0.717, 1.165) is 11.3 Å². The first-order valence-electron chi connectivity index (χ1n) is 4.26. The molecule has 0 atom stereocenters. The predicted molar refractivity (Wildman–Crippen MR) is 45.4 cm³/mol. The van der Waals surface area contributed by atoms with Crippen LogP contribution in [0.3, 0.4) is 0 Å². The Labute approximate surface area is 75.4 Å². The molecule has 13 heavy (non-hydrogen) atoms. The van der Waals surface area contributed by atoms with Gasteiger partial charge in [-0.15, -0.1) is 0 Å². The summed E-state index contributed by atoms with van der Waals surface area (Å²) in [6, 6.07) is 0. The number of fused-ring (bicyclic) bond motifs is 1. The smallest absolute Gasteiger partial charge is 0.354 e. The van der Waals surface area contributed by atoms with Gasteiger partial charge in [-0.25, -0.2) is 4.79 Å². The fourth-order valence-electron chi connectivity index (χ4n) is 1.65. The maximum atomic E-state index is 10.9. The summed E-state index contributed by atoms with van der Waals surface area (Å²) in [5, 5.41) is 16.2. The summed E-state index contributed by atoms with van der Waals surface area (Å²) in [4.78, 5) is 10.9. The largest absolute Gasteiger partial charge is 0.477 e. The Kier molecular flexibility index (Phi) is 1.81. The van der Waals surface area contributed by atoms with Crippen molar-refractivity contribution in [3.63, 3.8) is 0 Å². The minimum atomic E-state index is -0.890. The highest BCUT2D eigenvalue weighted by atomic mass is 16.4. The Morgan fingerprint density at radius 2 is 2.46 bits per heavy atom. The molecule has 0 unspecified atom stereocenters. The minimum absolute atomic E-state index is 0.336. The van der Waals surface area contributed by atoms with E-state index in [1.165, 1.54) is 0 Å². The summed E-state index contributed by atoms with van der Waals surface area (Å²) in [5.41, 5.74) is 2.05. The molecule has 2 heterocycles. The Balaban J connectivity index is 2.55. The van der Waals surface area contributed by atoms with Crippen molar-refractivity contribution in [3.05, 3.63) is 17.0 Å². The van der Waals surface area contributed by atoms with Gasteiger partial charge in [0.05, 0.1) is 5.69 Å². The van der Waals surface area contributed by atoms with Crippen molar-refractivity contribution in [2.75, 3.05) is 0 Å². The molecule has 2 rings (SSSR count). The fourth-order valence-corrected chi connectivity index (χ4v) is 1.65. The number of carboxylic acid groups (broad SMARTS) is 1. The molecule has 1 aliphatic rings. The number of hydrogen-bond donors (Lipinski definition) is 2. The van der Waals surface area contributed by atoms with Crippen LogP contribution in [0.1, 0.15) is 28.7 Å². The minimum Gasteiger partial charge on any atom is -0.477 e. The number of carboxylic acids is 1. The molecule has 0 fully saturated rings. The molecule has 0 amide bonds. The number of aryl methyl sites for hydroxylation is 1. The van der Waals surface area contributed by atoms with Crippen molar-refractivity contribution in [2.24, 2.45) is 0 Å². The van der Waals surface area contributed by atoms with E-state index in [-0.39, 0.29) is 0 Å². The number of aromatic carboxylic acids is 1. The number of hydrogen-bond acceptors (Lipinski definition) is 3. The van der Waals surface area contributed by atoms with Gasteiger partial charge in [-0.05, 0) is 6.92 Å². The van der Waals surface area contributed by atoms with E-state index in [2.05, 4.69) is 10.4 Å². The van der Waals surface area contributed by atoms with E-state index in [1.807, 2.05) is 6.92 Å². The third-order valence-corrected chi connectivity index (χ3v) is 2.23. The molecule has 70 valence electrons. The van der Waals surface area contributed by atoms with Gasteiger partial charge in [-0.1, -0.05) is 0 Å². The number of nitrogens with one attached hydrogen (secondary N) is 1. The lowest BCUT2D eigenvalue weighted by Gasteiger charge is -2.01. The summed E-state index contributed by atoms with van der Waals surface area (Å²) in [6.07, 6.45) is 0. The average Bonchev–Trinajstić information content (AvgIpc) is 2.59. The highest BCUT2D eigenvalue weighted by Gasteiger charge is 2.25. The van der Waals surface area contributed by atoms with Crippen molar-refractivity contribution >= 4 is 5.97 Å². The van der Waals surface area contributed by atoms with Crippen molar-refractivity contribution in [1.29, 1.82) is 0 Å². The molecule has 0 saturated carbocycles. The van der Waals surface area contributed by atoms with Gasteiger partial charge < -0.3 is 10.4 Å². The van der Waals surface area contributed by atoms with Crippen LogP contribution in [0.25, 0.3) is 0 Å². The summed E-state index contributed by atoms with van der Waals surface area (Å²) in [7, 11) is 0. The molecule has 0 radical (unpaired) electrons. The number of nitrogens with zero attached hydrogens (tertiary/aromatic N) is 2. The average molecular weight is 181 g/mol. The summed E-state index contributed by atoms with van der Waals surface area (Å²) >= 11 is 0. The number of rotatable bonds is 2. The Bertz CT molecular complexity index is 357. The van der Waals surface area contributed by atoms with Crippen molar-refractivity contribution in [2.45, 2.75) is 26.6 Å². The second-order valence-corrected chi connectivity index (χ2v) is 3.00. The van der Waals surface area contributed by atoms with Crippen LogP contribution in [-0.4, -0.2) is 20.9 Å². The monoisotopic (exact) mass is 181 g/mol. The molecule has 0 aromatic carbocycles. The van der Waals surface area contributed by atoms with Crippen LogP contribution in [0.4, 0.5) is 0 Å². The number of aromatic nitrogens is 2. The standard InChI is InChI=1S/C8H11N3O2/c1-2-11-7(8(12)13)5-3-9-4-6(5)10-11/h9H,2-4H2,1H3,(H,12,13). The zero-order valence-corrected chi connectivity index (χ0v) is 7.37. The molecule has 0 bridgehead atoms. The molecular formula is C8H11N3O2. The summed E-state index contributed by atoms with van der Waals surface area (Å²) < 4.78 is 1.55. The molecule has 0 aliphatic carbocycles. The second kappa shape index (κ2) is 2.85. The normalized spacial score (nSPS) is 14.5. The van der Waals surface area contributed by atoms with Gasteiger partial charge >= 0.3 is 5.97 Å². The van der Waals surface area contributed by atoms with Crippen LogP contribution in [0.15, 0.2) is 0 Å². The van der Waals surface area contributed by atoms with Crippen molar-refractivity contribution in [3.8, 4) is 0 Å². The molecule has 5 heteroatoms. The Hall–Kier alpha value is -1.36. The van der Waals surface area contributed by atoms with E-state index in [4.69, 9.17) is 5.11 Å². The van der Waals surface area contributed by atoms with E-state index in [0.29, 0.717) is 25.3 Å². The van der Waals surface area contributed by atoms with Gasteiger partial charge in [0.2, 0.25) is 0 Å². The molecular weight excluding hydrogens is 170 g/mol. The van der Waals surface area contributed by atoms with Crippen LogP contribution in [0.5, 0.6) is 0 Å². The van der Waals surface area contributed by atoms with Crippen molar-refractivity contribution in [1.82, 2.24) is 15.1 Å². The molecule has 1 aromatic rings. The van der Waals surface area contributed by atoms with Gasteiger partial charge in [0, 0.05) is 25.2 Å². The lowest BCUT2D eigenvalue weighted by molar-refractivity contribution is 0.0682. The molecule has 1 aliphatic heterocycles. The van der Waals surface area contributed by atoms with Crippen LogP contribution in [0, 0.1) is 0 Å². The van der Waals surface area contributed by atoms with Crippen LogP contribution in [-0.2, 0) is 19.6 Å². The highest BCUT2D eigenvalue weighted by Crippen LogP contribution is 2.19. The van der Waals surface area contributed by atoms with E-state index in [1.54, 1.807) is 4.68 Å². The van der Waals surface area contributed by atoms with E-state index in [9.17, 15) is 4.79 Å². The molecule has 5 nitrogen and oxygen atoms in total. The maximum Gasteiger partial charge on any atom is 0.354 e. The Morgan fingerprint density at radius 1 is 1.69 bits per heavy atom. The first-order chi connectivity index (χ1) is 6.24. The molecule has 0 saturated heterocycles. The van der Waals surface area contributed by atoms with E-state index >= 15 is 0 Å². The Morgan fingerprint density at radius 3 is 3.08 bits per heavy atom. The third-order valence-electron chi connectivity index (χ3n) is 2.23. The molecule has 0 spiro atoms. The topological polar surface area (TPSA) is 67.2 Å². The first kappa shape index (κ1) is 8.25.